The van der Waals surface area contributed by atoms with Gasteiger partial charge in [-0.15, -0.1) is 0 Å². The molecular formula is C16H34N2. The van der Waals surface area contributed by atoms with Crippen molar-refractivity contribution in [2.75, 3.05) is 20.1 Å². The summed E-state index contributed by atoms with van der Waals surface area (Å²) in [4.78, 5) is 2.53. The maximum absolute atomic E-state index is 6.11. The van der Waals surface area contributed by atoms with Crippen molar-refractivity contribution in [3.63, 3.8) is 0 Å². The lowest BCUT2D eigenvalue weighted by Crippen LogP contribution is -2.49. The van der Waals surface area contributed by atoms with Crippen molar-refractivity contribution in [2.24, 2.45) is 22.5 Å². The monoisotopic (exact) mass is 254 g/mol. The maximum Gasteiger partial charge on any atom is 0.0113 e. The Kier molecular flexibility index (Phi) is 5.25. The second-order valence-electron chi connectivity index (χ2n) is 7.84. The number of hydrogen-bond acceptors (Lipinski definition) is 2. The highest BCUT2D eigenvalue weighted by Crippen LogP contribution is 2.39. The predicted molar refractivity (Wildman–Crippen MR) is 80.7 cm³/mol. The molecule has 0 aromatic heterocycles. The van der Waals surface area contributed by atoms with E-state index in [1.165, 1.54) is 25.7 Å². The molecule has 0 bridgehead atoms. The van der Waals surface area contributed by atoms with Gasteiger partial charge < -0.3 is 10.6 Å². The van der Waals surface area contributed by atoms with Gasteiger partial charge in [-0.2, -0.15) is 0 Å². The van der Waals surface area contributed by atoms with Gasteiger partial charge in [0.2, 0.25) is 0 Å². The smallest absolute Gasteiger partial charge is 0.0113 e. The first-order valence-corrected chi connectivity index (χ1v) is 7.60. The number of rotatable bonds is 4. The highest BCUT2D eigenvalue weighted by atomic mass is 15.1. The van der Waals surface area contributed by atoms with Crippen molar-refractivity contribution in [1.29, 1.82) is 0 Å². The molecule has 1 aliphatic rings. The van der Waals surface area contributed by atoms with Gasteiger partial charge in [0.05, 0.1) is 0 Å². The Hall–Kier alpha value is -0.0800. The molecule has 0 heterocycles. The van der Waals surface area contributed by atoms with E-state index in [1.54, 1.807) is 0 Å². The SMILES string of the molecule is CC1CCC(CN)(CN(C)C(C)C(C)(C)C)CC1. The van der Waals surface area contributed by atoms with Crippen LogP contribution in [0.4, 0.5) is 0 Å². The largest absolute Gasteiger partial charge is 0.330 e. The first kappa shape index (κ1) is 16.0. The van der Waals surface area contributed by atoms with Crippen LogP contribution in [0.1, 0.15) is 60.3 Å². The molecule has 0 saturated heterocycles. The van der Waals surface area contributed by atoms with Crippen LogP contribution in [0, 0.1) is 16.7 Å². The summed E-state index contributed by atoms with van der Waals surface area (Å²) in [6.07, 6.45) is 5.33. The van der Waals surface area contributed by atoms with E-state index in [0.717, 1.165) is 19.0 Å². The zero-order valence-corrected chi connectivity index (χ0v) is 13.4. The molecule has 1 saturated carbocycles. The minimum absolute atomic E-state index is 0.340. The Balaban J connectivity index is 2.63. The molecule has 0 aromatic rings. The Morgan fingerprint density at radius 1 is 1.28 bits per heavy atom. The summed E-state index contributed by atoms with van der Waals surface area (Å²) >= 11 is 0. The van der Waals surface area contributed by atoms with Crippen LogP contribution < -0.4 is 5.73 Å². The average Bonchev–Trinajstić information content (AvgIpc) is 2.30. The molecule has 1 fully saturated rings. The van der Waals surface area contributed by atoms with Crippen LogP contribution in [0.5, 0.6) is 0 Å². The minimum atomic E-state index is 0.340. The molecule has 1 atom stereocenters. The molecule has 2 nitrogen and oxygen atoms in total. The summed E-state index contributed by atoms with van der Waals surface area (Å²) in [6.45, 7) is 13.7. The van der Waals surface area contributed by atoms with Crippen LogP contribution in [0.25, 0.3) is 0 Å². The first-order valence-electron chi connectivity index (χ1n) is 7.60. The number of hydrogen-bond donors (Lipinski definition) is 1. The molecule has 0 radical (unpaired) electrons. The third-order valence-corrected chi connectivity index (χ3v) is 5.27. The Bertz CT molecular complexity index is 246. The fourth-order valence-corrected chi connectivity index (χ4v) is 3.13. The first-order chi connectivity index (χ1) is 8.20. The van der Waals surface area contributed by atoms with Crippen molar-refractivity contribution in [1.82, 2.24) is 4.90 Å². The predicted octanol–water partition coefficient (Wildman–Crippen LogP) is 3.51. The van der Waals surface area contributed by atoms with Gasteiger partial charge in [0, 0.05) is 12.6 Å². The van der Waals surface area contributed by atoms with Crippen LogP contribution in [-0.2, 0) is 0 Å². The second kappa shape index (κ2) is 5.92. The quantitative estimate of drug-likeness (QED) is 0.832. The highest BCUT2D eigenvalue weighted by molar-refractivity contribution is 4.90. The van der Waals surface area contributed by atoms with Crippen LogP contribution in [-0.4, -0.2) is 31.1 Å². The third kappa shape index (κ3) is 3.96. The Morgan fingerprint density at radius 3 is 2.17 bits per heavy atom. The van der Waals surface area contributed by atoms with Crippen molar-refractivity contribution >= 4 is 0 Å². The van der Waals surface area contributed by atoms with E-state index in [0.29, 0.717) is 16.9 Å². The van der Waals surface area contributed by atoms with Gasteiger partial charge in [0.1, 0.15) is 0 Å². The molecule has 1 unspecified atom stereocenters. The van der Waals surface area contributed by atoms with Crippen LogP contribution in [0.3, 0.4) is 0 Å². The fraction of sp³-hybridized carbons (Fsp3) is 1.00. The van der Waals surface area contributed by atoms with Gasteiger partial charge in [-0.1, -0.05) is 40.5 Å². The zero-order valence-electron chi connectivity index (χ0n) is 13.4. The number of nitrogens with two attached hydrogens (primary N) is 1. The molecule has 0 amide bonds. The molecule has 0 spiro atoms. The minimum Gasteiger partial charge on any atom is -0.330 e. The third-order valence-electron chi connectivity index (χ3n) is 5.27. The van der Waals surface area contributed by atoms with E-state index in [4.69, 9.17) is 5.73 Å². The van der Waals surface area contributed by atoms with E-state index in [1.807, 2.05) is 0 Å². The van der Waals surface area contributed by atoms with Gasteiger partial charge in [0.15, 0.2) is 0 Å². The molecule has 108 valence electrons. The van der Waals surface area contributed by atoms with E-state index in [-0.39, 0.29) is 0 Å². The van der Waals surface area contributed by atoms with E-state index in [2.05, 4.69) is 46.6 Å². The van der Waals surface area contributed by atoms with Gasteiger partial charge >= 0.3 is 0 Å². The Labute approximate surface area is 114 Å². The fourth-order valence-electron chi connectivity index (χ4n) is 3.13. The second-order valence-corrected chi connectivity index (χ2v) is 7.84. The molecular weight excluding hydrogens is 220 g/mol. The van der Waals surface area contributed by atoms with Gasteiger partial charge in [-0.05, 0) is 50.1 Å². The standard InChI is InChI=1S/C16H34N2/c1-13-7-9-16(11-17,10-8-13)12-18(6)14(2)15(3,4)5/h13-14H,7-12,17H2,1-6H3. The zero-order chi connectivity index (χ0) is 14.0. The summed E-state index contributed by atoms with van der Waals surface area (Å²) in [7, 11) is 2.27. The van der Waals surface area contributed by atoms with Gasteiger partial charge in [-0.3, -0.25) is 0 Å². The average molecular weight is 254 g/mol. The van der Waals surface area contributed by atoms with E-state index < -0.39 is 0 Å². The summed E-state index contributed by atoms with van der Waals surface area (Å²) in [5, 5.41) is 0. The molecule has 0 aromatic carbocycles. The summed E-state index contributed by atoms with van der Waals surface area (Å²) in [5.41, 5.74) is 6.83. The van der Waals surface area contributed by atoms with E-state index >= 15 is 0 Å². The van der Waals surface area contributed by atoms with Crippen LogP contribution in [0.2, 0.25) is 0 Å². The lowest BCUT2D eigenvalue weighted by Gasteiger charge is -2.45. The molecule has 2 N–H and O–H groups in total. The van der Waals surface area contributed by atoms with Crippen molar-refractivity contribution in [3.8, 4) is 0 Å². The summed E-state index contributed by atoms with van der Waals surface area (Å²) in [5.74, 6) is 0.898. The molecule has 0 aliphatic heterocycles. The van der Waals surface area contributed by atoms with Gasteiger partial charge in [-0.25, -0.2) is 0 Å². The Morgan fingerprint density at radius 2 is 1.78 bits per heavy atom. The lowest BCUT2D eigenvalue weighted by molar-refractivity contribution is 0.0565. The van der Waals surface area contributed by atoms with Crippen molar-refractivity contribution in [3.05, 3.63) is 0 Å². The molecule has 18 heavy (non-hydrogen) atoms. The highest BCUT2D eigenvalue weighted by Gasteiger charge is 2.36. The molecule has 1 aliphatic carbocycles. The van der Waals surface area contributed by atoms with Crippen LogP contribution >= 0.6 is 0 Å². The lowest BCUT2D eigenvalue weighted by atomic mass is 9.70. The maximum atomic E-state index is 6.11. The molecule has 1 rings (SSSR count). The van der Waals surface area contributed by atoms with Gasteiger partial charge in [0.25, 0.3) is 0 Å². The molecule has 2 heteroatoms. The summed E-state index contributed by atoms with van der Waals surface area (Å²) in [6, 6.07) is 0.597. The van der Waals surface area contributed by atoms with E-state index in [9.17, 15) is 0 Å². The topological polar surface area (TPSA) is 29.3 Å². The number of nitrogens with zero attached hydrogens (tertiary/aromatic N) is 1. The summed E-state index contributed by atoms with van der Waals surface area (Å²) < 4.78 is 0. The van der Waals surface area contributed by atoms with Crippen molar-refractivity contribution < 1.29 is 0 Å². The normalized spacial score (nSPS) is 31.7. The van der Waals surface area contributed by atoms with Crippen LogP contribution in [0.15, 0.2) is 0 Å². The van der Waals surface area contributed by atoms with Crippen molar-refractivity contribution in [2.45, 2.75) is 66.3 Å².